The van der Waals surface area contributed by atoms with Crippen LogP contribution in [0.4, 0.5) is 0 Å². The lowest BCUT2D eigenvalue weighted by molar-refractivity contribution is -0.140. The van der Waals surface area contributed by atoms with Gasteiger partial charge in [0.1, 0.15) is 0 Å². The molecule has 1 atom stereocenters. The lowest BCUT2D eigenvalue weighted by Crippen LogP contribution is -2.00. The van der Waals surface area contributed by atoms with Gasteiger partial charge in [-0.1, -0.05) is 63.3 Å². The van der Waals surface area contributed by atoms with Crippen molar-refractivity contribution in [2.75, 3.05) is 7.11 Å². The minimum atomic E-state index is -0.246. The maximum absolute atomic E-state index is 10.9. The molecule has 0 aromatic carbocycles. The van der Waals surface area contributed by atoms with Crippen molar-refractivity contribution in [2.45, 2.75) is 96.5 Å². The Kier molecular flexibility index (Phi) is 17.4. The van der Waals surface area contributed by atoms with E-state index in [2.05, 4.69) is 29.9 Å². The maximum atomic E-state index is 10.9. The van der Waals surface area contributed by atoms with Crippen molar-refractivity contribution >= 4 is 5.97 Å². The first-order valence-electron chi connectivity index (χ1n) is 9.77. The Labute approximate surface area is 149 Å². The molecule has 0 aliphatic heterocycles. The molecular formula is C21H38O3. The molecule has 0 heterocycles. The zero-order valence-corrected chi connectivity index (χ0v) is 15.8. The number of carbonyl (C=O) groups is 1. The van der Waals surface area contributed by atoms with Gasteiger partial charge >= 0.3 is 5.97 Å². The van der Waals surface area contributed by atoms with Gasteiger partial charge < -0.3 is 9.84 Å². The summed E-state index contributed by atoms with van der Waals surface area (Å²) in [5, 5.41) is 9.68. The largest absolute Gasteiger partial charge is 0.469 e. The summed E-state index contributed by atoms with van der Waals surface area (Å²) in [4.78, 5) is 10.9. The average Bonchev–Trinajstić information content (AvgIpc) is 2.59. The predicted octanol–water partition coefficient (Wildman–Crippen LogP) is 5.72. The van der Waals surface area contributed by atoms with E-state index in [1.807, 2.05) is 6.08 Å². The summed E-state index contributed by atoms with van der Waals surface area (Å²) in [5.41, 5.74) is 0. The van der Waals surface area contributed by atoms with Crippen molar-refractivity contribution in [1.82, 2.24) is 0 Å². The molecule has 0 bridgehead atoms. The van der Waals surface area contributed by atoms with Gasteiger partial charge in [0.2, 0.25) is 0 Å². The number of hydrogen-bond donors (Lipinski definition) is 1. The van der Waals surface area contributed by atoms with Crippen LogP contribution in [0.3, 0.4) is 0 Å². The zero-order valence-electron chi connectivity index (χ0n) is 15.8. The van der Waals surface area contributed by atoms with E-state index in [0.29, 0.717) is 6.42 Å². The quantitative estimate of drug-likeness (QED) is 0.222. The van der Waals surface area contributed by atoms with E-state index in [4.69, 9.17) is 0 Å². The van der Waals surface area contributed by atoms with Crippen LogP contribution in [-0.2, 0) is 9.53 Å². The van der Waals surface area contributed by atoms with Crippen LogP contribution in [-0.4, -0.2) is 24.3 Å². The second-order valence-electron chi connectivity index (χ2n) is 6.42. The number of hydrogen-bond acceptors (Lipinski definition) is 3. The SMILES string of the molecule is CCCCC(O)/C=C\CCCCCCC/C=C\CCCC(=O)OC. The van der Waals surface area contributed by atoms with Crippen molar-refractivity contribution in [3.63, 3.8) is 0 Å². The molecule has 3 heteroatoms. The van der Waals surface area contributed by atoms with E-state index in [-0.39, 0.29) is 12.1 Å². The fourth-order valence-corrected chi connectivity index (χ4v) is 2.52. The third-order valence-corrected chi connectivity index (χ3v) is 4.10. The van der Waals surface area contributed by atoms with Crippen LogP contribution in [0.5, 0.6) is 0 Å². The monoisotopic (exact) mass is 338 g/mol. The van der Waals surface area contributed by atoms with Gasteiger partial charge in [-0.15, -0.1) is 0 Å². The summed E-state index contributed by atoms with van der Waals surface area (Å²) in [7, 11) is 1.44. The lowest BCUT2D eigenvalue weighted by atomic mass is 10.1. The van der Waals surface area contributed by atoms with Crippen molar-refractivity contribution in [3.8, 4) is 0 Å². The molecule has 0 amide bonds. The van der Waals surface area contributed by atoms with E-state index < -0.39 is 0 Å². The van der Waals surface area contributed by atoms with Crippen LogP contribution in [0.25, 0.3) is 0 Å². The highest BCUT2D eigenvalue weighted by Gasteiger charge is 1.97. The van der Waals surface area contributed by atoms with E-state index in [0.717, 1.165) is 44.9 Å². The molecule has 0 aliphatic rings. The number of methoxy groups -OCH3 is 1. The molecule has 0 rings (SSSR count). The van der Waals surface area contributed by atoms with Crippen LogP contribution in [0.15, 0.2) is 24.3 Å². The summed E-state index contributed by atoms with van der Waals surface area (Å²) in [6.07, 6.45) is 22.3. The van der Waals surface area contributed by atoms with E-state index in [1.165, 1.54) is 39.2 Å². The molecule has 0 spiro atoms. The molecule has 24 heavy (non-hydrogen) atoms. The molecule has 0 aromatic rings. The van der Waals surface area contributed by atoms with Crippen LogP contribution in [0.1, 0.15) is 90.4 Å². The van der Waals surface area contributed by atoms with Crippen LogP contribution < -0.4 is 0 Å². The van der Waals surface area contributed by atoms with Crippen molar-refractivity contribution < 1.29 is 14.6 Å². The Hall–Kier alpha value is -1.09. The molecule has 0 aliphatic carbocycles. The Bertz CT molecular complexity index is 334. The summed E-state index contributed by atoms with van der Waals surface area (Å²) in [6.45, 7) is 2.15. The van der Waals surface area contributed by atoms with E-state index in [9.17, 15) is 9.90 Å². The fraction of sp³-hybridized carbons (Fsp3) is 0.762. The van der Waals surface area contributed by atoms with Gasteiger partial charge in [0.15, 0.2) is 0 Å². The van der Waals surface area contributed by atoms with Gasteiger partial charge in [0, 0.05) is 6.42 Å². The van der Waals surface area contributed by atoms with Gasteiger partial charge in [-0.3, -0.25) is 4.79 Å². The molecule has 0 radical (unpaired) electrons. The Morgan fingerprint density at radius 2 is 1.50 bits per heavy atom. The van der Waals surface area contributed by atoms with Crippen molar-refractivity contribution in [1.29, 1.82) is 0 Å². The third-order valence-electron chi connectivity index (χ3n) is 4.10. The number of allylic oxidation sites excluding steroid dienone is 3. The number of rotatable bonds is 16. The van der Waals surface area contributed by atoms with E-state index >= 15 is 0 Å². The summed E-state index contributed by atoms with van der Waals surface area (Å²) < 4.78 is 4.60. The smallest absolute Gasteiger partial charge is 0.305 e. The second-order valence-corrected chi connectivity index (χ2v) is 6.42. The first-order chi connectivity index (χ1) is 11.7. The number of ether oxygens (including phenoxy) is 1. The molecule has 0 fully saturated rings. The fourth-order valence-electron chi connectivity index (χ4n) is 2.52. The van der Waals surface area contributed by atoms with Crippen molar-refractivity contribution in [2.24, 2.45) is 0 Å². The highest BCUT2D eigenvalue weighted by atomic mass is 16.5. The Morgan fingerprint density at radius 1 is 0.917 bits per heavy atom. The van der Waals surface area contributed by atoms with Gasteiger partial charge in [-0.2, -0.15) is 0 Å². The molecule has 0 aromatic heterocycles. The molecule has 3 nitrogen and oxygen atoms in total. The number of aliphatic hydroxyl groups is 1. The third kappa shape index (κ3) is 17.3. The molecular weight excluding hydrogens is 300 g/mol. The van der Waals surface area contributed by atoms with Gasteiger partial charge in [0.25, 0.3) is 0 Å². The first-order valence-corrected chi connectivity index (χ1v) is 9.77. The number of carbonyl (C=O) groups excluding carboxylic acids is 1. The van der Waals surface area contributed by atoms with Gasteiger partial charge in [-0.25, -0.2) is 0 Å². The number of esters is 1. The molecule has 0 saturated carbocycles. The van der Waals surface area contributed by atoms with Gasteiger partial charge in [0.05, 0.1) is 13.2 Å². The minimum absolute atomic E-state index is 0.117. The maximum Gasteiger partial charge on any atom is 0.305 e. The molecule has 1 unspecified atom stereocenters. The van der Waals surface area contributed by atoms with Crippen LogP contribution in [0, 0.1) is 0 Å². The summed E-state index contributed by atoms with van der Waals surface area (Å²) in [6, 6.07) is 0. The Balaban J connectivity index is 3.27. The van der Waals surface area contributed by atoms with Crippen molar-refractivity contribution in [3.05, 3.63) is 24.3 Å². The Morgan fingerprint density at radius 3 is 2.12 bits per heavy atom. The zero-order chi connectivity index (χ0) is 17.9. The standard InChI is InChI=1S/C21H38O3/c1-3-4-17-20(22)18-15-13-11-9-7-5-6-8-10-12-14-16-19-21(23)24-2/h10,12,15,18,20,22H,3-9,11,13-14,16-17,19H2,1-2H3/b12-10-,18-15-. The topological polar surface area (TPSA) is 46.5 Å². The van der Waals surface area contributed by atoms with E-state index in [1.54, 1.807) is 0 Å². The van der Waals surface area contributed by atoms with Crippen LogP contribution >= 0.6 is 0 Å². The molecule has 0 saturated heterocycles. The minimum Gasteiger partial charge on any atom is -0.469 e. The van der Waals surface area contributed by atoms with Gasteiger partial charge in [-0.05, 0) is 44.9 Å². The normalized spacial score (nSPS) is 13.0. The number of unbranched alkanes of at least 4 members (excludes halogenated alkanes) is 8. The van der Waals surface area contributed by atoms with Crippen LogP contribution in [0.2, 0.25) is 0 Å². The summed E-state index contributed by atoms with van der Waals surface area (Å²) in [5.74, 6) is -0.117. The average molecular weight is 339 g/mol. The first kappa shape index (κ1) is 22.9. The highest BCUT2D eigenvalue weighted by Crippen LogP contribution is 2.09. The highest BCUT2D eigenvalue weighted by molar-refractivity contribution is 5.68. The number of aliphatic hydroxyl groups excluding tert-OH is 1. The predicted molar refractivity (Wildman–Crippen MR) is 102 cm³/mol. The second kappa shape index (κ2) is 18.3. The lowest BCUT2D eigenvalue weighted by Gasteiger charge is -2.03. The molecule has 1 N–H and O–H groups in total. The molecule has 140 valence electrons. The summed E-state index contributed by atoms with van der Waals surface area (Å²) >= 11 is 0.